The predicted molar refractivity (Wildman–Crippen MR) is 54.6 cm³/mol. The van der Waals surface area contributed by atoms with Gasteiger partial charge in [0.25, 0.3) is 0 Å². The third-order valence-corrected chi connectivity index (χ3v) is 3.49. The van der Waals surface area contributed by atoms with Crippen LogP contribution in [-0.2, 0) is 0 Å². The van der Waals surface area contributed by atoms with Gasteiger partial charge in [0.2, 0.25) is 5.04 Å². The van der Waals surface area contributed by atoms with E-state index in [0.29, 0.717) is 0 Å². The van der Waals surface area contributed by atoms with Gasteiger partial charge in [0, 0.05) is 20.3 Å². The van der Waals surface area contributed by atoms with Crippen LogP contribution in [0.1, 0.15) is 34.1 Å². The van der Waals surface area contributed by atoms with Gasteiger partial charge in [-0.25, -0.2) is 0 Å². The van der Waals surface area contributed by atoms with Crippen LogP contribution in [0.5, 0.6) is 0 Å². The van der Waals surface area contributed by atoms with Crippen molar-refractivity contribution >= 4 is 16.8 Å². The first-order valence-electron chi connectivity index (χ1n) is 4.20. The van der Waals surface area contributed by atoms with Crippen molar-refractivity contribution < 1.29 is 4.74 Å². The number of nitrogens with zero attached hydrogens (tertiary/aromatic N) is 1. The molecule has 12 heavy (non-hydrogen) atoms. The number of hydrogen-bond donors (Lipinski definition) is 0. The number of thioether (sulfide) groups is 1. The lowest BCUT2D eigenvalue weighted by Crippen LogP contribution is -2.28. The molecule has 1 aliphatic heterocycles. The van der Waals surface area contributed by atoms with E-state index in [-0.39, 0.29) is 11.0 Å². The summed E-state index contributed by atoms with van der Waals surface area (Å²) in [6.45, 7) is 8.28. The maximum Gasteiger partial charge on any atom is 0.227 e. The first kappa shape index (κ1) is 9.90. The number of rotatable bonds is 0. The molecule has 0 atom stereocenters. The Balaban J connectivity index is 3.10. The maximum absolute atomic E-state index is 11.7. The van der Waals surface area contributed by atoms with E-state index >= 15 is 0 Å². The molecule has 0 N–H and O–H groups in total. The average Bonchev–Trinajstić information content (AvgIpc) is 1.98. The smallest absolute Gasteiger partial charge is 0.227 e. The zero-order chi connectivity index (χ0) is 9.57. The van der Waals surface area contributed by atoms with Crippen LogP contribution >= 0.6 is 11.8 Å². The van der Waals surface area contributed by atoms with Crippen LogP contribution in [0.3, 0.4) is 0 Å². The monoisotopic (exact) mass is 187 g/mol. The summed E-state index contributed by atoms with van der Waals surface area (Å²) in [4.78, 5) is 0. The molecule has 0 unspecified atom stereocenters. The normalized spacial score (nSPS) is 26.4. The van der Waals surface area contributed by atoms with Gasteiger partial charge in [-0.05, 0) is 20.1 Å². The Hall–Kier alpha value is -0.180. The van der Waals surface area contributed by atoms with Gasteiger partial charge in [-0.2, -0.15) is 4.74 Å². The third kappa shape index (κ3) is 1.35. The fourth-order valence-electron chi connectivity index (χ4n) is 2.14. The first-order valence-corrected chi connectivity index (χ1v) is 5.42. The van der Waals surface area contributed by atoms with Gasteiger partial charge in [-0.15, -0.1) is 0 Å². The van der Waals surface area contributed by atoms with Crippen molar-refractivity contribution in [3.63, 3.8) is 0 Å². The Bertz CT molecular complexity index is 231. The van der Waals surface area contributed by atoms with Crippen molar-refractivity contribution in [2.75, 3.05) is 6.26 Å². The Morgan fingerprint density at radius 1 is 1.33 bits per heavy atom. The van der Waals surface area contributed by atoms with Crippen LogP contribution < -0.4 is 0 Å². The van der Waals surface area contributed by atoms with Gasteiger partial charge in [-0.1, -0.05) is 11.8 Å². The molecular weight excluding hydrogens is 170 g/mol. The fraction of sp³-hybridized carbons (Fsp3) is 0.889. The molecule has 0 spiro atoms. The van der Waals surface area contributed by atoms with Crippen LogP contribution in [0.2, 0.25) is 0 Å². The van der Waals surface area contributed by atoms with E-state index in [9.17, 15) is 5.21 Å². The lowest BCUT2D eigenvalue weighted by Gasteiger charge is -2.18. The summed E-state index contributed by atoms with van der Waals surface area (Å²) in [5.41, 5.74) is -0.160. The molecule has 0 bridgehead atoms. The molecule has 0 aliphatic carbocycles. The average molecular weight is 187 g/mol. The maximum atomic E-state index is 11.7. The highest BCUT2D eigenvalue weighted by atomic mass is 32.2. The zero-order valence-electron chi connectivity index (χ0n) is 8.47. The fourth-order valence-corrected chi connectivity index (χ4v) is 3.18. The molecule has 1 rings (SSSR count). The van der Waals surface area contributed by atoms with Crippen molar-refractivity contribution in [3.05, 3.63) is 5.21 Å². The molecule has 3 heteroatoms. The molecule has 70 valence electrons. The summed E-state index contributed by atoms with van der Waals surface area (Å²) >= 11 is 1.58. The summed E-state index contributed by atoms with van der Waals surface area (Å²) < 4.78 is 1.18. The SMILES string of the molecule is CSC1=[N+]([O-])C(C)(C)CC1(C)C. The second-order valence-electron chi connectivity index (χ2n) is 4.68. The van der Waals surface area contributed by atoms with Crippen LogP contribution in [-0.4, -0.2) is 21.6 Å². The van der Waals surface area contributed by atoms with Crippen molar-refractivity contribution in [2.45, 2.75) is 39.7 Å². The van der Waals surface area contributed by atoms with Gasteiger partial charge in [0.05, 0.1) is 5.41 Å². The van der Waals surface area contributed by atoms with Crippen molar-refractivity contribution in [3.8, 4) is 0 Å². The zero-order valence-corrected chi connectivity index (χ0v) is 9.29. The highest BCUT2D eigenvalue weighted by Gasteiger charge is 2.49. The van der Waals surface area contributed by atoms with Crippen LogP contribution in [0.4, 0.5) is 0 Å². The van der Waals surface area contributed by atoms with E-state index in [1.807, 2.05) is 20.1 Å². The lowest BCUT2D eigenvalue weighted by atomic mass is 9.85. The summed E-state index contributed by atoms with van der Waals surface area (Å²) in [6.07, 6.45) is 2.92. The summed E-state index contributed by atoms with van der Waals surface area (Å²) in [5.74, 6) is 0. The molecule has 0 fully saturated rings. The van der Waals surface area contributed by atoms with E-state index in [0.717, 1.165) is 11.5 Å². The Morgan fingerprint density at radius 3 is 2.00 bits per heavy atom. The highest BCUT2D eigenvalue weighted by Crippen LogP contribution is 2.40. The molecule has 0 amide bonds. The van der Waals surface area contributed by atoms with E-state index in [4.69, 9.17) is 0 Å². The van der Waals surface area contributed by atoms with Crippen LogP contribution in [0.15, 0.2) is 0 Å². The van der Waals surface area contributed by atoms with Gasteiger partial charge in [0.15, 0.2) is 5.54 Å². The van der Waals surface area contributed by atoms with Crippen molar-refractivity contribution in [1.82, 2.24) is 0 Å². The largest absolute Gasteiger partial charge is 0.623 e. The molecular formula is C9H17NOS. The number of hydroxylamine groups is 1. The van der Waals surface area contributed by atoms with Crippen molar-refractivity contribution in [1.29, 1.82) is 0 Å². The van der Waals surface area contributed by atoms with Crippen LogP contribution in [0, 0.1) is 10.6 Å². The minimum Gasteiger partial charge on any atom is -0.623 e. The number of hydrogen-bond acceptors (Lipinski definition) is 2. The second-order valence-corrected chi connectivity index (χ2v) is 5.47. The quantitative estimate of drug-likeness (QED) is 0.430. The minimum absolute atomic E-state index is 0.0602. The first-order chi connectivity index (χ1) is 5.31. The van der Waals surface area contributed by atoms with E-state index in [1.165, 1.54) is 4.74 Å². The Labute approximate surface area is 78.6 Å². The van der Waals surface area contributed by atoms with E-state index in [2.05, 4.69) is 13.8 Å². The van der Waals surface area contributed by atoms with Crippen molar-refractivity contribution in [2.24, 2.45) is 5.41 Å². The van der Waals surface area contributed by atoms with E-state index in [1.54, 1.807) is 11.8 Å². The lowest BCUT2D eigenvalue weighted by molar-refractivity contribution is -0.528. The Kier molecular flexibility index (Phi) is 2.19. The molecule has 0 aromatic carbocycles. The van der Waals surface area contributed by atoms with E-state index < -0.39 is 0 Å². The molecule has 0 saturated heterocycles. The second kappa shape index (κ2) is 2.66. The molecule has 0 aromatic rings. The predicted octanol–water partition coefficient (Wildman–Crippen LogP) is 2.47. The van der Waals surface area contributed by atoms with Gasteiger partial charge >= 0.3 is 0 Å². The highest BCUT2D eigenvalue weighted by molar-refractivity contribution is 8.13. The molecule has 2 nitrogen and oxygen atoms in total. The topological polar surface area (TPSA) is 26.1 Å². The van der Waals surface area contributed by atoms with Gasteiger partial charge < -0.3 is 5.21 Å². The van der Waals surface area contributed by atoms with Crippen LogP contribution in [0.25, 0.3) is 0 Å². The van der Waals surface area contributed by atoms with Gasteiger partial charge in [-0.3, -0.25) is 0 Å². The summed E-state index contributed by atoms with van der Waals surface area (Å²) in [5, 5.41) is 12.7. The minimum atomic E-state index is -0.220. The summed E-state index contributed by atoms with van der Waals surface area (Å²) in [6, 6.07) is 0. The van der Waals surface area contributed by atoms with Gasteiger partial charge in [0.1, 0.15) is 0 Å². The Morgan fingerprint density at radius 2 is 1.83 bits per heavy atom. The molecule has 0 saturated carbocycles. The standard InChI is InChI=1S/C9H17NOS/c1-8(2)6-9(3,4)10(11)7(8)12-5/h6H2,1-5H3. The molecule has 1 aliphatic rings. The summed E-state index contributed by atoms with van der Waals surface area (Å²) in [7, 11) is 0. The third-order valence-electron chi connectivity index (χ3n) is 2.38. The molecule has 1 heterocycles. The molecule has 0 radical (unpaired) electrons. The molecule has 0 aromatic heterocycles.